The standard InChI is InChI=1S/C41H56N4O11/c1-4-44-31(38-28(8-9-30(38)41(51)52)25-11-13-45-37(42)18-25)21-54-36-17-26(16-35(53-3)39(36)50)40-29(12-14-46)33(49)19-27(56-40)7-5-24-6-10-32(48)34(15-24)55-22-43-20-23(2)47/h6,8-11,13,15-18,23,27-31,33,38,40,43-44,46-50H,4-5,7,12,14,19-22H2,1-3H3,(H2,42,45)(H,51,52). The average molecular weight is 781 g/mol. The number of anilines is 1. The van der Waals surface area contributed by atoms with Crippen LogP contribution in [0.4, 0.5) is 5.82 Å². The molecule has 1 aliphatic heterocycles. The number of aliphatic hydroxyl groups excluding tert-OH is 3. The summed E-state index contributed by atoms with van der Waals surface area (Å²) in [5.74, 6) is -2.45. The number of hydrogen-bond acceptors (Lipinski definition) is 14. The molecular formula is C41H56N4O11. The summed E-state index contributed by atoms with van der Waals surface area (Å²) in [4.78, 5) is 16.6. The molecule has 1 aromatic heterocycles. The number of likely N-dealkylation sites (N-methyl/N-ethyl adjacent to an activating group) is 1. The van der Waals surface area contributed by atoms with Gasteiger partial charge in [-0.3, -0.25) is 10.1 Å². The fraction of sp³-hybridized carbons (Fsp3) is 0.512. The number of phenols is 2. The molecule has 0 radical (unpaired) electrons. The van der Waals surface area contributed by atoms with Crippen LogP contribution in [0.3, 0.4) is 0 Å². The number of carboxylic acids is 1. The maximum absolute atomic E-state index is 12.5. The van der Waals surface area contributed by atoms with E-state index in [1.54, 1.807) is 55.6 Å². The Morgan fingerprint density at radius 1 is 1.05 bits per heavy atom. The lowest BCUT2D eigenvalue weighted by molar-refractivity contribution is -0.144. The number of aliphatic hydroxyl groups is 3. The Labute approximate surface area is 327 Å². The Balaban J connectivity index is 1.36. The minimum atomic E-state index is -0.969. The van der Waals surface area contributed by atoms with Gasteiger partial charge in [-0.25, -0.2) is 4.98 Å². The zero-order valence-corrected chi connectivity index (χ0v) is 32.1. The van der Waals surface area contributed by atoms with E-state index in [1.807, 2.05) is 19.1 Å². The number of ether oxygens (including phenoxy) is 4. The number of benzene rings is 2. The summed E-state index contributed by atoms with van der Waals surface area (Å²) < 4.78 is 24.2. The smallest absolute Gasteiger partial charge is 0.310 e. The monoisotopic (exact) mass is 780 g/mol. The molecule has 5 rings (SSSR count). The molecule has 0 spiro atoms. The van der Waals surface area contributed by atoms with Crippen molar-refractivity contribution in [3.8, 4) is 28.7 Å². The maximum atomic E-state index is 12.5. The van der Waals surface area contributed by atoms with Gasteiger partial charge in [0.1, 0.15) is 19.2 Å². The molecule has 9 atom stereocenters. The van der Waals surface area contributed by atoms with Crippen molar-refractivity contribution in [2.45, 2.75) is 75.9 Å². The first kappa shape index (κ1) is 42.5. The molecule has 2 aliphatic rings. The van der Waals surface area contributed by atoms with E-state index >= 15 is 0 Å². The number of nitrogen functional groups attached to an aromatic ring is 1. The number of nitrogens with zero attached hydrogens (tertiary/aromatic N) is 1. The molecule has 2 heterocycles. The minimum absolute atomic E-state index is 0.00695. The van der Waals surface area contributed by atoms with E-state index in [0.29, 0.717) is 49.5 Å². The van der Waals surface area contributed by atoms with Crippen LogP contribution in [0, 0.1) is 17.8 Å². The second-order valence-electron chi connectivity index (χ2n) is 14.5. The third kappa shape index (κ3) is 10.6. The maximum Gasteiger partial charge on any atom is 0.310 e. The lowest BCUT2D eigenvalue weighted by Crippen LogP contribution is -2.46. The van der Waals surface area contributed by atoms with Gasteiger partial charge in [-0.1, -0.05) is 25.1 Å². The third-order valence-corrected chi connectivity index (χ3v) is 10.5. The molecule has 0 amide bonds. The summed E-state index contributed by atoms with van der Waals surface area (Å²) in [6.45, 7) is 4.36. The second kappa shape index (κ2) is 20.0. The summed E-state index contributed by atoms with van der Waals surface area (Å²) in [5.41, 5.74) is 8.27. The summed E-state index contributed by atoms with van der Waals surface area (Å²) in [6, 6.07) is 11.4. The number of aliphatic carboxylic acids is 1. The number of aromatic hydroxyl groups is 2. The number of hydrogen-bond donors (Lipinski definition) is 9. The summed E-state index contributed by atoms with van der Waals surface area (Å²) in [6.07, 6.45) is 4.38. The summed E-state index contributed by atoms with van der Waals surface area (Å²) in [7, 11) is 1.42. The number of nitrogens with two attached hydrogens (primary N) is 1. The predicted molar refractivity (Wildman–Crippen MR) is 208 cm³/mol. The van der Waals surface area contributed by atoms with E-state index in [0.717, 1.165) is 11.1 Å². The van der Waals surface area contributed by atoms with Gasteiger partial charge in [0.2, 0.25) is 5.75 Å². The molecule has 10 N–H and O–H groups in total. The van der Waals surface area contributed by atoms with Gasteiger partial charge < -0.3 is 60.6 Å². The van der Waals surface area contributed by atoms with Crippen molar-refractivity contribution >= 4 is 11.8 Å². The van der Waals surface area contributed by atoms with Gasteiger partial charge in [0, 0.05) is 43.1 Å². The van der Waals surface area contributed by atoms with E-state index < -0.39 is 48.1 Å². The molecule has 56 heavy (non-hydrogen) atoms. The molecule has 306 valence electrons. The van der Waals surface area contributed by atoms with E-state index in [9.17, 15) is 35.4 Å². The lowest BCUT2D eigenvalue weighted by Gasteiger charge is -2.40. The second-order valence-corrected chi connectivity index (χ2v) is 14.5. The van der Waals surface area contributed by atoms with Crippen molar-refractivity contribution in [1.29, 1.82) is 0 Å². The number of rotatable bonds is 20. The number of pyridine rings is 1. The van der Waals surface area contributed by atoms with Crippen LogP contribution < -0.4 is 30.6 Å². The number of phenolic OH excluding ortho intramolecular Hbond substituents is 2. The summed E-state index contributed by atoms with van der Waals surface area (Å²) in [5, 5.41) is 69.0. The topological polar surface area (TPSA) is 238 Å². The Kier molecular flexibility index (Phi) is 15.2. The number of aryl methyl sites for hydroxylation is 1. The van der Waals surface area contributed by atoms with Crippen molar-refractivity contribution in [2.75, 3.05) is 45.9 Å². The predicted octanol–water partition coefficient (Wildman–Crippen LogP) is 3.24. The number of carboxylic acid groups (broad SMARTS) is 1. The fourth-order valence-electron chi connectivity index (χ4n) is 7.82. The SMILES string of the molecule is CCNC(COc1cc(C2OC(CCc3ccc(O)c(OCNCC(C)O)c3)CC(O)C2CCO)cc(OC)c1O)C1C(C(=O)O)C=CC1c1ccnc(N)c1. The highest BCUT2D eigenvalue weighted by molar-refractivity contribution is 5.74. The number of carbonyl (C=O) groups is 1. The van der Waals surface area contributed by atoms with Crippen LogP contribution in [0.15, 0.2) is 60.8 Å². The molecule has 0 saturated carbocycles. The Bertz CT molecular complexity index is 1780. The number of allylic oxidation sites excluding steroid dienone is 1. The molecule has 1 aliphatic carbocycles. The Hall–Kier alpha value is -4.64. The average Bonchev–Trinajstić information content (AvgIpc) is 3.62. The quantitative estimate of drug-likeness (QED) is 0.0455. The molecule has 0 bridgehead atoms. The van der Waals surface area contributed by atoms with Crippen LogP contribution in [-0.2, 0) is 16.0 Å². The molecule has 9 unspecified atom stereocenters. The highest BCUT2D eigenvalue weighted by Gasteiger charge is 2.43. The van der Waals surface area contributed by atoms with Crippen molar-refractivity contribution in [3.05, 3.63) is 77.5 Å². The molecule has 3 aromatic rings. The molecule has 15 heteroatoms. The van der Waals surface area contributed by atoms with Gasteiger partial charge in [0.05, 0.1) is 37.4 Å². The van der Waals surface area contributed by atoms with Gasteiger partial charge in [0.25, 0.3) is 0 Å². The van der Waals surface area contributed by atoms with Crippen molar-refractivity contribution in [1.82, 2.24) is 15.6 Å². The zero-order chi connectivity index (χ0) is 40.4. The Morgan fingerprint density at radius 2 is 1.84 bits per heavy atom. The van der Waals surface area contributed by atoms with Crippen LogP contribution >= 0.6 is 0 Å². The van der Waals surface area contributed by atoms with Crippen molar-refractivity contribution in [2.24, 2.45) is 17.8 Å². The number of aromatic nitrogens is 1. The van der Waals surface area contributed by atoms with Crippen molar-refractivity contribution < 1.29 is 54.4 Å². The normalized spacial score (nSPS) is 24.4. The highest BCUT2D eigenvalue weighted by Crippen LogP contribution is 2.46. The van der Waals surface area contributed by atoms with Gasteiger partial charge in [-0.15, -0.1) is 0 Å². The molecule has 2 aromatic carbocycles. The number of methoxy groups -OCH3 is 1. The van der Waals surface area contributed by atoms with Crippen LogP contribution in [0.25, 0.3) is 0 Å². The highest BCUT2D eigenvalue weighted by atomic mass is 16.5. The van der Waals surface area contributed by atoms with Gasteiger partial charge >= 0.3 is 5.97 Å². The van der Waals surface area contributed by atoms with Crippen LogP contribution in [0.1, 0.15) is 61.8 Å². The van der Waals surface area contributed by atoms with E-state index in [-0.39, 0.29) is 61.4 Å². The first-order chi connectivity index (χ1) is 26.9. The van der Waals surface area contributed by atoms with Crippen molar-refractivity contribution in [3.63, 3.8) is 0 Å². The summed E-state index contributed by atoms with van der Waals surface area (Å²) >= 11 is 0. The molecule has 1 saturated heterocycles. The van der Waals surface area contributed by atoms with Gasteiger partial charge in [-0.05, 0) is 92.2 Å². The van der Waals surface area contributed by atoms with E-state index in [2.05, 4.69) is 15.6 Å². The third-order valence-electron chi connectivity index (χ3n) is 10.5. The zero-order valence-electron chi connectivity index (χ0n) is 32.1. The van der Waals surface area contributed by atoms with Crippen LogP contribution in [0.2, 0.25) is 0 Å². The molecule has 1 fully saturated rings. The largest absolute Gasteiger partial charge is 0.504 e. The fourth-order valence-corrected chi connectivity index (χ4v) is 7.82. The first-order valence-corrected chi connectivity index (χ1v) is 19.1. The van der Waals surface area contributed by atoms with Gasteiger partial charge in [0.15, 0.2) is 23.0 Å². The molecular weight excluding hydrogens is 724 g/mol. The first-order valence-electron chi connectivity index (χ1n) is 19.1. The minimum Gasteiger partial charge on any atom is -0.504 e. The Morgan fingerprint density at radius 3 is 2.54 bits per heavy atom. The van der Waals surface area contributed by atoms with Gasteiger partial charge in [-0.2, -0.15) is 0 Å². The van der Waals surface area contributed by atoms with E-state index in [4.69, 9.17) is 24.7 Å². The van der Waals surface area contributed by atoms with E-state index in [1.165, 1.54) is 7.11 Å². The lowest BCUT2D eigenvalue weighted by atomic mass is 9.79. The number of nitrogens with one attached hydrogen (secondary N) is 2. The molecule has 15 nitrogen and oxygen atoms in total. The van der Waals surface area contributed by atoms with Crippen LogP contribution in [-0.4, -0.2) is 106 Å². The van der Waals surface area contributed by atoms with Crippen LogP contribution in [0.5, 0.6) is 28.7 Å².